The Bertz CT molecular complexity index is 1540. The number of nitrogens with one attached hydrogen (secondary N) is 3. The van der Waals surface area contributed by atoms with E-state index in [9.17, 15) is 43.2 Å². The van der Waals surface area contributed by atoms with E-state index in [0.29, 0.717) is 6.42 Å². The first kappa shape index (κ1) is 50.9. The Hall–Kier alpha value is -3.07. The second kappa shape index (κ2) is 26.0. The lowest BCUT2D eigenvalue weighted by Crippen LogP contribution is -2.45. The molecule has 0 saturated heterocycles. The van der Waals surface area contributed by atoms with Crippen LogP contribution in [0.25, 0.3) is 0 Å². The molecule has 4 unspecified atom stereocenters. The average molecular weight is 1150 g/mol. The first-order valence-corrected chi connectivity index (χ1v) is 20.5. The molecule has 0 radical (unpaired) electrons. The number of hydrogen-bond donors (Lipinski definition) is 3. The van der Waals surface area contributed by atoms with E-state index < -0.39 is 91.0 Å². The fourth-order valence-electron chi connectivity index (χ4n) is 4.79. The standard InChI is InChI=1S/C34H43ClI3N3O15/c1-16(42)51-12-9-22(53-18(3)44)24(55-20(5)46)14-39-33(49)27-29(36)28(31(38)32(30(27)37)41-26(48)8-7-11-35)34(50)40-15-25(56-21(6)47)23(54-19(4)45)10-13-52-17(2)43/h22-25H,7-15H2,1-6H3,(H,39,49)(H,40,50)(H,41,48). The van der Waals surface area contributed by atoms with Crippen molar-refractivity contribution < 1.29 is 71.6 Å². The van der Waals surface area contributed by atoms with Gasteiger partial charge in [-0.2, -0.15) is 0 Å². The summed E-state index contributed by atoms with van der Waals surface area (Å²) in [5.41, 5.74) is -0.0100. The molecular formula is C34H43ClI3N3O15. The number of halogens is 4. The Balaban J connectivity index is 3.69. The summed E-state index contributed by atoms with van der Waals surface area (Å²) in [6, 6.07) is 0. The van der Waals surface area contributed by atoms with Crippen LogP contribution < -0.4 is 16.0 Å². The molecule has 18 nitrogen and oxygen atoms in total. The zero-order chi connectivity index (χ0) is 42.7. The highest BCUT2D eigenvalue weighted by Gasteiger charge is 2.33. The molecule has 4 atom stereocenters. The van der Waals surface area contributed by atoms with Crippen molar-refractivity contribution in [3.05, 3.63) is 21.8 Å². The quantitative estimate of drug-likeness (QED) is 0.0651. The predicted octanol–water partition coefficient (Wildman–Crippen LogP) is 3.55. The van der Waals surface area contributed by atoms with Crippen LogP contribution in [0.1, 0.15) is 87.9 Å². The third-order valence-electron chi connectivity index (χ3n) is 7.01. The van der Waals surface area contributed by atoms with E-state index in [2.05, 4.69) is 16.0 Å². The van der Waals surface area contributed by atoms with Gasteiger partial charge in [-0.05, 0) is 74.2 Å². The molecule has 3 amide bonds. The lowest BCUT2D eigenvalue weighted by Gasteiger charge is -2.27. The molecule has 1 aromatic carbocycles. The fraction of sp³-hybridized carbons (Fsp3) is 0.559. The van der Waals surface area contributed by atoms with Gasteiger partial charge in [-0.1, -0.05) is 0 Å². The molecule has 0 aliphatic heterocycles. The molecule has 1 rings (SSSR count). The van der Waals surface area contributed by atoms with Gasteiger partial charge in [0.1, 0.15) is 12.2 Å². The van der Waals surface area contributed by atoms with Crippen LogP contribution in [-0.2, 0) is 62.0 Å². The highest BCUT2D eigenvalue weighted by molar-refractivity contribution is 14.1. The van der Waals surface area contributed by atoms with E-state index in [4.69, 9.17) is 40.0 Å². The Labute approximate surface area is 369 Å². The summed E-state index contributed by atoms with van der Waals surface area (Å²) in [5.74, 6) is -5.99. The van der Waals surface area contributed by atoms with Crippen molar-refractivity contribution in [2.75, 3.05) is 37.5 Å². The average Bonchev–Trinajstić information content (AvgIpc) is 3.07. The van der Waals surface area contributed by atoms with Crippen LogP contribution in [0.5, 0.6) is 0 Å². The van der Waals surface area contributed by atoms with Gasteiger partial charge in [-0.15, -0.1) is 11.6 Å². The van der Waals surface area contributed by atoms with Gasteiger partial charge in [0.2, 0.25) is 5.91 Å². The van der Waals surface area contributed by atoms with Gasteiger partial charge in [-0.3, -0.25) is 43.2 Å². The molecule has 0 spiro atoms. The molecule has 3 N–H and O–H groups in total. The zero-order valence-corrected chi connectivity index (χ0v) is 38.5. The maximum absolute atomic E-state index is 14.0. The monoisotopic (exact) mass is 1150 g/mol. The predicted molar refractivity (Wildman–Crippen MR) is 223 cm³/mol. The first-order chi connectivity index (χ1) is 26.2. The van der Waals surface area contributed by atoms with Crippen LogP contribution >= 0.6 is 79.4 Å². The number of anilines is 1. The smallest absolute Gasteiger partial charge is 0.303 e. The summed E-state index contributed by atoms with van der Waals surface area (Å²) in [6.45, 7) is 5.67. The van der Waals surface area contributed by atoms with E-state index in [1.54, 1.807) is 22.6 Å². The van der Waals surface area contributed by atoms with Gasteiger partial charge in [0.15, 0.2) is 12.2 Å². The van der Waals surface area contributed by atoms with E-state index in [0.717, 1.165) is 27.7 Å². The number of alkyl halides is 1. The van der Waals surface area contributed by atoms with E-state index >= 15 is 0 Å². The van der Waals surface area contributed by atoms with E-state index in [1.807, 2.05) is 45.2 Å². The number of carbonyl (C=O) groups excluding carboxylic acids is 9. The Morgan fingerprint density at radius 1 is 0.554 bits per heavy atom. The van der Waals surface area contributed by atoms with Gasteiger partial charge >= 0.3 is 35.8 Å². The van der Waals surface area contributed by atoms with Gasteiger partial charge in [0.05, 0.1) is 50.3 Å². The maximum Gasteiger partial charge on any atom is 0.303 e. The van der Waals surface area contributed by atoms with Crippen molar-refractivity contribution in [2.45, 2.75) is 91.6 Å². The third kappa shape index (κ3) is 18.5. The first-order valence-electron chi connectivity index (χ1n) is 16.8. The van der Waals surface area contributed by atoms with Crippen LogP contribution in [0, 0.1) is 10.7 Å². The Kier molecular flexibility index (Phi) is 23.7. The Morgan fingerprint density at radius 2 is 0.911 bits per heavy atom. The van der Waals surface area contributed by atoms with Gasteiger partial charge < -0.3 is 44.4 Å². The number of benzene rings is 1. The van der Waals surface area contributed by atoms with E-state index in [1.165, 1.54) is 13.8 Å². The summed E-state index contributed by atoms with van der Waals surface area (Å²) in [6.07, 6.45) is -4.56. The Morgan fingerprint density at radius 3 is 1.23 bits per heavy atom. The molecular weight excluding hydrogens is 1110 g/mol. The number of hydrogen-bond acceptors (Lipinski definition) is 15. The van der Waals surface area contributed by atoms with E-state index in [-0.39, 0.29) is 65.9 Å². The summed E-state index contributed by atoms with van der Waals surface area (Å²) >= 11 is 11.3. The minimum Gasteiger partial charge on any atom is -0.466 e. The van der Waals surface area contributed by atoms with Crippen molar-refractivity contribution in [2.24, 2.45) is 0 Å². The SMILES string of the molecule is CC(=O)OCCC(OC(C)=O)C(CNC(=O)c1c(I)c(NC(=O)CCCCl)c(I)c(C(=O)NCC(OC(C)=O)C(CCOC(C)=O)OC(C)=O)c1I)OC(C)=O. The number of rotatable bonds is 22. The summed E-state index contributed by atoms with van der Waals surface area (Å²) in [5, 5.41) is 8.03. The molecule has 0 fully saturated rings. The van der Waals surface area contributed by atoms with Gasteiger partial charge in [0, 0.05) is 70.3 Å². The number of carbonyl (C=O) groups is 9. The van der Waals surface area contributed by atoms with Crippen LogP contribution in [-0.4, -0.2) is 110 Å². The van der Waals surface area contributed by atoms with Crippen molar-refractivity contribution >= 4 is 139 Å². The molecule has 1 aromatic rings. The second-order valence-electron chi connectivity index (χ2n) is 11.7. The minimum atomic E-state index is -1.24. The minimum absolute atomic E-state index is 0.0224. The lowest BCUT2D eigenvalue weighted by atomic mass is 10.1. The lowest BCUT2D eigenvalue weighted by molar-refractivity contribution is -0.167. The van der Waals surface area contributed by atoms with Crippen molar-refractivity contribution in [3.63, 3.8) is 0 Å². The van der Waals surface area contributed by atoms with Crippen molar-refractivity contribution in [1.82, 2.24) is 10.6 Å². The van der Waals surface area contributed by atoms with Gasteiger partial charge in [-0.25, -0.2) is 0 Å². The largest absolute Gasteiger partial charge is 0.466 e. The highest BCUT2D eigenvalue weighted by Crippen LogP contribution is 2.36. The summed E-state index contributed by atoms with van der Waals surface area (Å²) in [4.78, 5) is 112. The third-order valence-corrected chi connectivity index (χ3v) is 10.5. The molecule has 312 valence electrons. The zero-order valence-electron chi connectivity index (χ0n) is 31.3. The van der Waals surface area contributed by atoms with Crippen molar-refractivity contribution in [3.8, 4) is 0 Å². The molecule has 56 heavy (non-hydrogen) atoms. The number of esters is 6. The topological polar surface area (TPSA) is 245 Å². The van der Waals surface area contributed by atoms with Crippen LogP contribution in [0.4, 0.5) is 5.69 Å². The van der Waals surface area contributed by atoms with Crippen LogP contribution in [0.3, 0.4) is 0 Å². The number of amides is 3. The van der Waals surface area contributed by atoms with Crippen LogP contribution in [0.2, 0.25) is 0 Å². The maximum atomic E-state index is 14.0. The molecule has 0 saturated carbocycles. The molecule has 0 heterocycles. The number of ether oxygens (including phenoxy) is 6. The second-order valence-corrected chi connectivity index (χ2v) is 15.3. The summed E-state index contributed by atoms with van der Waals surface area (Å²) < 4.78 is 31.9. The molecule has 0 aliphatic rings. The molecule has 0 aliphatic carbocycles. The van der Waals surface area contributed by atoms with Crippen LogP contribution in [0.15, 0.2) is 0 Å². The highest BCUT2D eigenvalue weighted by atomic mass is 127. The normalized spacial score (nSPS) is 12.8. The fourth-order valence-corrected chi connectivity index (χ4v) is 9.34. The summed E-state index contributed by atoms with van der Waals surface area (Å²) in [7, 11) is 0. The molecule has 22 heteroatoms. The molecule has 0 aromatic heterocycles. The van der Waals surface area contributed by atoms with Crippen molar-refractivity contribution in [1.29, 1.82) is 0 Å². The molecule has 0 bridgehead atoms. The van der Waals surface area contributed by atoms with Gasteiger partial charge in [0.25, 0.3) is 11.8 Å².